The lowest BCUT2D eigenvalue weighted by Crippen LogP contribution is -2.51. The molecule has 0 saturated carbocycles. The van der Waals surface area contributed by atoms with Gasteiger partial charge in [0.2, 0.25) is 15.9 Å². The fraction of sp³-hybridized carbons (Fsp3) is 0.516. The highest BCUT2D eigenvalue weighted by Gasteiger charge is 2.44. The quantitative estimate of drug-likeness (QED) is 0.298. The third-order valence-corrected chi connectivity index (χ3v) is 10.9. The molecule has 0 aliphatic carbocycles. The molecule has 2 aliphatic heterocycles. The van der Waals surface area contributed by atoms with Crippen molar-refractivity contribution in [3.05, 3.63) is 54.1 Å². The summed E-state index contributed by atoms with van der Waals surface area (Å²) in [5.74, 6) is -0.283. The monoisotopic (exact) mass is 660 g/mol. The van der Waals surface area contributed by atoms with Gasteiger partial charge in [0.1, 0.15) is 6.10 Å². The maximum Gasteiger partial charge on any atom is 0.407 e. The van der Waals surface area contributed by atoms with Crippen molar-refractivity contribution in [1.82, 2.24) is 14.6 Å². The summed E-state index contributed by atoms with van der Waals surface area (Å²) in [6.07, 6.45) is -1.85. The lowest BCUT2D eigenvalue weighted by atomic mass is 10.0. The van der Waals surface area contributed by atoms with Crippen molar-refractivity contribution in [3.63, 3.8) is 0 Å². The SMILES string of the molecule is CC(=O)N(C)c1nc2ccc(S(=O)(=O)N(CC(C)C)C[C@@H](O)[C@H](Cc3ccccc3)NC(=O)O[C@H]3CO[C@H]4OCC[C@H]43)cc2s1. The number of aliphatic hydroxyl groups excluding tert-OH is 1. The van der Waals surface area contributed by atoms with Crippen LogP contribution in [0.4, 0.5) is 9.93 Å². The van der Waals surface area contributed by atoms with E-state index < -0.39 is 34.4 Å². The molecule has 2 amide bonds. The zero-order chi connectivity index (χ0) is 32.3. The molecule has 2 fully saturated rings. The second-order valence-corrected chi connectivity index (χ2v) is 14.8. The van der Waals surface area contributed by atoms with Gasteiger partial charge < -0.3 is 24.6 Å². The smallest absolute Gasteiger partial charge is 0.407 e. The molecule has 0 unspecified atom stereocenters. The molecule has 14 heteroatoms. The van der Waals surface area contributed by atoms with Crippen LogP contribution in [0.1, 0.15) is 32.8 Å². The van der Waals surface area contributed by atoms with E-state index in [1.54, 1.807) is 19.2 Å². The number of benzene rings is 2. The van der Waals surface area contributed by atoms with Crippen molar-refractivity contribution < 1.29 is 37.3 Å². The fourth-order valence-corrected chi connectivity index (χ4v) is 8.25. The molecule has 3 heterocycles. The molecule has 2 aromatic carbocycles. The lowest BCUT2D eigenvalue weighted by Gasteiger charge is -2.31. The molecule has 5 rings (SSSR count). The number of carbonyl (C=O) groups is 2. The topological polar surface area (TPSA) is 148 Å². The minimum atomic E-state index is -4.08. The van der Waals surface area contributed by atoms with E-state index >= 15 is 0 Å². The van der Waals surface area contributed by atoms with Gasteiger partial charge in [0.25, 0.3) is 0 Å². The van der Waals surface area contributed by atoms with E-state index in [9.17, 15) is 23.1 Å². The Morgan fingerprint density at radius 1 is 1.16 bits per heavy atom. The van der Waals surface area contributed by atoms with Crippen molar-refractivity contribution in [1.29, 1.82) is 0 Å². The van der Waals surface area contributed by atoms with Crippen LogP contribution >= 0.6 is 11.3 Å². The molecule has 45 heavy (non-hydrogen) atoms. The summed E-state index contributed by atoms with van der Waals surface area (Å²) >= 11 is 1.22. The van der Waals surface area contributed by atoms with Gasteiger partial charge in [-0.2, -0.15) is 4.31 Å². The summed E-state index contributed by atoms with van der Waals surface area (Å²) in [6, 6.07) is 13.1. The highest BCUT2D eigenvalue weighted by Crippen LogP contribution is 2.33. The first-order chi connectivity index (χ1) is 21.4. The van der Waals surface area contributed by atoms with Crippen LogP contribution in [0, 0.1) is 11.8 Å². The van der Waals surface area contributed by atoms with E-state index in [4.69, 9.17) is 14.2 Å². The highest BCUT2D eigenvalue weighted by atomic mass is 32.2. The average molecular weight is 661 g/mol. The van der Waals surface area contributed by atoms with E-state index in [1.807, 2.05) is 44.2 Å². The lowest BCUT2D eigenvalue weighted by molar-refractivity contribution is -0.116. The fourth-order valence-electron chi connectivity index (χ4n) is 5.52. The predicted molar refractivity (Wildman–Crippen MR) is 169 cm³/mol. The largest absolute Gasteiger partial charge is 0.443 e. The maximum absolute atomic E-state index is 14.0. The van der Waals surface area contributed by atoms with Crippen molar-refractivity contribution in [2.75, 3.05) is 38.3 Å². The molecule has 12 nitrogen and oxygen atoms in total. The molecule has 2 saturated heterocycles. The van der Waals surface area contributed by atoms with Crippen LogP contribution in [0.15, 0.2) is 53.4 Å². The Hall–Kier alpha value is -3.14. The van der Waals surface area contributed by atoms with Crippen LogP contribution in [0.25, 0.3) is 10.2 Å². The van der Waals surface area contributed by atoms with Crippen LogP contribution in [0.2, 0.25) is 0 Å². The van der Waals surface area contributed by atoms with E-state index in [0.29, 0.717) is 22.0 Å². The molecule has 3 aromatic rings. The summed E-state index contributed by atoms with van der Waals surface area (Å²) in [5, 5.41) is 14.8. The maximum atomic E-state index is 14.0. The average Bonchev–Trinajstić information content (AvgIpc) is 3.73. The predicted octanol–water partition coefficient (Wildman–Crippen LogP) is 3.39. The van der Waals surface area contributed by atoms with Gasteiger partial charge in [0, 0.05) is 27.1 Å². The first kappa shape index (κ1) is 33.2. The van der Waals surface area contributed by atoms with E-state index in [1.165, 1.54) is 33.5 Å². The summed E-state index contributed by atoms with van der Waals surface area (Å²) in [5.41, 5.74) is 1.43. The Kier molecular flexibility index (Phi) is 10.4. The number of sulfonamides is 1. The molecule has 5 atom stereocenters. The van der Waals surface area contributed by atoms with Crippen molar-refractivity contribution >= 4 is 48.7 Å². The van der Waals surface area contributed by atoms with Gasteiger partial charge in [0.05, 0.1) is 46.4 Å². The van der Waals surface area contributed by atoms with Gasteiger partial charge >= 0.3 is 6.09 Å². The molecule has 0 spiro atoms. The normalized spacial score (nSPS) is 21.2. The highest BCUT2D eigenvalue weighted by molar-refractivity contribution is 7.89. The van der Waals surface area contributed by atoms with Gasteiger partial charge in [-0.3, -0.25) is 9.69 Å². The number of hydrogen-bond donors (Lipinski definition) is 2. The molecule has 1 aromatic heterocycles. The number of hydrogen-bond acceptors (Lipinski definition) is 10. The first-order valence-corrected chi connectivity index (χ1v) is 17.3. The van der Waals surface area contributed by atoms with Crippen molar-refractivity contribution in [2.45, 2.75) is 63.0 Å². The van der Waals surface area contributed by atoms with Crippen LogP contribution < -0.4 is 10.2 Å². The zero-order valence-electron chi connectivity index (χ0n) is 25.8. The number of nitrogens with one attached hydrogen (secondary N) is 1. The Balaban J connectivity index is 1.36. The molecule has 2 aliphatic rings. The Morgan fingerprint density at radius 3 is 2.62 bits per heavy atom. The van der Waals surface area contributed by atoms with Gasteiger partial charge in [-0.15, -0.1) is 0 Å². The number of ether oxygens (including phenoxy) is 3. The molecule has 0 bridgehead atoms. The molecule has 0 radical (unpaired) electrons. The standard InChI is InChI=1S/C31H40N4O8S2/c1-19(2)16-35(45(39,40)22-10-11-24-28(15-22)44-30(32-24)34(4)20(3)36)17-26(37)25(14-21-8-6-5-7-9-21)33-31(38)43-27-18-42-29-23(27)12-13-41-29/h5-11,15,19,23,25-27,29,37H,12-14,16-18H2,1-4H3,(H,33,38)/t23-,25-,26+,27-,29+/m0/s1. The second kappa shape index (κ2) is 14.1. The Bertz CT molecular complexity index is 1600. The van der Waals surface area contributed by atoms with Crippen LogP contribution in [0.3, 0.4) is 0 Å². The van der Waals surface area contributed by atoms with Crippen LogP contribution in [-0.4, -0.2) is 92.7 Å². The molecular weight excluding hydrogens is 620 g/mol. The molecule has 2 N–H and O–H groups in total. The molecular formula is C31H40N4O8S2. The van der Waals surface area contributed by atoms with Gasteiger partial charge in [0.15, 0.2) is 11.4 Å². The van der Waals surface area contributed by atoms with E-state index in [-0.39, 0.29) is 55.0 Å². The zero-order valence-corrected chi connectivity index (χ0v) is 27.4. The van der Waals surface area contributed by atoms with Gasteiger partial charge in [-0.1, -0.05) is 55.5 Å². The van der Waals surface area contributed by atoms with Gasteiger partial charge in [-0.25, -0.2) is 18.2 Å². The van der Waals surface area contributed by atoms with Crippen molar-refractivity contribution in [3.8, 4) is 0 Å². The van der Waals surface area contributed by atoms with Crippen molar-refractivity contribution in [2.24, 2.45) is 11.8 Å². The van der Waals surface area contributed by atoms with Crippen LogP contribution in [0.5, 0.6) is 0 Å². The first-order valence-electron chi connectivity index (χ1n) is 15.0. The minimum Gasteiger partial charge on any atom is -0.443 e. The molecule has 244 valence electrons. The number of alkyl carbamates (subject to hydrolysis) is 1. The summed E-state index contributed by atoms with van der Waals surface area (Å²) in [7, 11) is -2.46. The Morgan fingerprint density at radius 2 is 1.91 bits per heavy atom. The third kappa shape index (κ3) is 7.81. The Labute approximate surface area is 267 Å². The van der Waals surface area contributed by atoms with Gasteiger partial charge in [-0.05, 0) is 42.5 Å². The number of thiazole rings is 1. The minimum absolute atomic E-state index is 0.0464. The third-order valence-electron chi connectivity index (χ3n) is 8.01. The number of carbonyl (C=O) groups excluding carboxylic acids is 2. The number of rotatable bonds is 12. The second-order valence-electron chi connectivity index (χ2n) is 11.9. The number of amides is 2. The summed E-state index contributed by atoms with van der Waals surface area (Å²) in [6.45, 7) is 5.87. The number of aliphatic hydroxyl groups is 1. The number of aromatic nitrogens is 1. The number of fused-ring (bicyclic) bond motifs is 2. The number of anilines is 1. The van der Waals surface area contributed by atoms with Crippen LogP contribution in [-0.2, 0) is 35.4 Å². The summed E-state index contributed by atoms with van der Waals surface area (Å²) in [4.78, 5) is 30.8. The number of nitrogens with zero attached hydrogens (tertiary/aromatic N) is 3. The van der Waals surface area contributed by atoms with E-state index in [0.717, 1.165) is 12.0 Å². The van der Waals surface area contributed by atoms with E-state index in [2.05, 4.69) is 10.3 Å². The summed E-state index contributed by atoms with van der Waals surface area (Å²) < 4.78 is 46.7.